The van der Waals surface area contributed by atoms with E-state index in [1.54, 1.807) is 0 Å². The summed E-state index contributed by atoms with van der Waals surface area (Å²) in [5.41, 5.74) is 0. The van der Waals surface area contributed by atoms with E-state index >= 15 is 0 Å². The Morgan fingerprint density at radius 3 is 3.00 bits per heavy atom. The SMILES string of the molecule is O=C(c1cccs1)N1CCCN(C2CCOC2)CC1. The first-order valence-corrected chi connectivity index (χ1v) is 7.87. The van der Waals surface area contributed by atoms with Crippen LogP contribution in [-0.4, -0.2) is 61.1 Å². The van der Waals surface area contributed by atoms with Gasteiger partial charge in [0, 0.05) is 38.8 Å². The molecule has 1 unspecified atom stereocenters. The number of thiophene rings is 1. The molecule has 1 atom stereocenters. The second-order valence-corrected chi connectivity index (χ2v) is 6.12. The van der Waals surface area contributed by atoms with E-state index in [1.165, 1.54) is 11.3 Å². The number of carbonyl (C=O) groups is 1. The standard InChI is InChI=1S/C14H20N2O2S/c17-14(13-3-1-10-19-13)16-6-2-5-15(7-8-16)12-4-9-18-11-12/h1,3,10,12H,2,4-9,11H2. The van der Waals surface area contributed by atoms with E-state index in [1.807, 2.05) is 22.4 Å². The van der Waals surface area contributed by atoms with E-state index in [2.05, 4.69) is 4.90 Å². The lowest BCUT2D eigenvalue weighted by molar-refractivity contribution is 0.0761. The summed E-state index contributed by atoms with van der Waals surface area (Å²) in [5, 5.41) is 1.97. The van der Waals surface area contributed by atoms with Crippen molar-refractivity contribution >= 4 is 17.2 Å². The van der Waals surface area contributed by atoms with Gasteiger partial charge >= 0.3 is 0 Å². The van der Waals surface area contributed by atoms with E-state index in [-0.39, 0.29) is 5.91 Å². The Balaban J connectivity index is 1.59. The van der Waals surface area contributed by atoms with Crippen molar-refractivity contribution in [2.75, 3.05) is 39.4 Å². The molecule has 0 aromatic carbocycles. The van der Waals surface area contributed by atoms with Gasteiger partial charge in [-0.15, -0.1) is 11.3 Å². The molecular weight excluding hydrogens is 260 g/mol. The molecule has 1 aromatic heterocycles. The van der Waals surface area contributed by atoms with Crippen LogP contribution in [0.3, 0.4) is 0 Å². The topological polar surface area (TPSA) is 32.8 Å². The average molecular weight is 280 g/mol. The van der Waals surface area contributed by atoms with Crippen molar-refractivity contribution in [3.8, 4) is 0 Å². The molecule has 104 valence electrons. The summed E-state index contributed by atoms with van der Waals surface area (Å²) in [4.78, 5) is 17.7. The van der Waals surface area contributed by atoms with Crippen molar-refractivity contribution in [1.82, 2.24) is 9.80 Å². The maximum atomic E-state index is 12.3. The van der Waals surface area contributed by atoms with Crippen LogP contribution in [0.1, 0.15) is 22.5 Å². The number of nitrogens with zero attached hydrogens (tertiary/aromatic N) is 2. The van der Waals surface area contributed by atoms with Gasteiger partial charge < -0.3 is 9.64 Å². The Labute approximate surface area is 118 Å². The fourth-order valence-corrected chi connectivity index (χ4v) is 3.56. The summed E-state index contributed by atoms with van der Waals surface area (Å²) >= 11 is 1.53. The highest BCUT2D eigenvalue weighted by Crippen LogP contribution is 2.17. The lowest BCUT2D eigenvalue weighted by Gasteiger charge is -2.26. The molecule has 1 aromatic rings. The van der Waals surface area contributed by atoms with Crippen LogP contribution in [0.4, 0.5) is 0 Å². The van der Waals surface area contributed by atoms with Crippen LogP contribution in [0.15, 0.2) is 17.5 Å². The highest BCUT2D eigenvalue weighted by molar-refractivity contribution is 7.12. The molecule has 4 nitrogen and oxygen atoms in total. The van der Waals surface area contributed by atoms with E-state index < -0.39 is 0 Å². The van der Waals surface area contributed by atoms with Gasteiger partial charge in [0.15, 0.2) is 0 Å². The Kier molecular flexibility index (Phi) is 4.15. The van der Waals surface area contributed by atoms with Crippen molar-refractivity contribution in [3.05, 3.63) is 22.4 Å². The minimum atomic E-state index is 0.194. The highest BCUT2D eigenvalue weighted by Gasteiger charge is 2.27. The monoisotopic (exact) mass is 280 g/mol. The molecule has 2 saturated heterocycles. The second-order valence-electron chi connectivity index (χ2n) is 5.18. The summed E-state index contributed by atoms with van der Waals surface area (Å²) in [6, 6.07) is 4.43. The van der Waals surface area contributed by atoms with Crippen molar-refractivity contribution < 1.29 is 9.53 Å². The fourth-order valence-electron chi connectivity index (χ4n) is 2.87. The normalized spacial score (nSPS) is 25.5. The van der Waals surface area contributed by atoms with Crippen LogP contribution < -0.4 is 0 Å². The maximum absolute atomic E-state index is 12.3. The zero-order valence-electron chi connectivity index (χ0n) is 11.1. The lowest BCUT2D eigenvalue weighted by Crippen LogP contribution is -2.39. The smallest absolute Gasteiger partial charge is 0.263 e. The molecule has 3 rings (SSSR count). The molecule has 2 fully saturated rings. The van der Waals surface area contributed by atoms with Gasteiger partial charge in [0.05, 0.1) is 11.5 Å². The molecule has 5 heteroatoms. The number of hydrogen-bond acceptors (Lipinski definition) is 4. The number of carbonyl (C=O) groups excluding carboxylic acids is 1. The fraction of sp³-hybridized carbons (Fsp3) is 0.643. The minimum Gasteiger partial charge on any atom is -0.380 e. The van der Waals surface area contributed by atoms with Crippen LogP contribution in [0.25, 0.3) is 0 Å². The van der Waals surface area contributed by atoms with E-state index in [4.69, 9.17) is 4.74 Å². The third-order valence-corrected chi connectivity index (χ3v) is 4.83. The third-order valence-electron chi connectivity index (χ3n) is 3.97. The molecular formula is C14H20N2O2S. The molecule has 3 heterocycles. The first kappa shape index (κ1) is 13.1. The average Bonchev–Trinajstić information content (AvgIpc) is 3.08. The zero-order valence-corrected chi connectivity index (χ0v) is 11.9. The molecule has 2 aliphatic rings. The molecule has 0 saturated carbocycles. The summed E-state index contributed by atoms with van der Waals surface area (Å²) in [6.07, 6.45) is 2.20. The lowest BCUT2D eigenvalue weighted by atomic mass is 10.2. The molecule has 1 amide bonds. The number of amides is 1. The first-order valence-electron chi connectivity index (χ1n) is 6.99. The van der Waals surface area contributed by atoms with Crippen molar-refractivity contribution in [3.63, 3.8) is 0 Å². The Morgan fingerprint density at radius 1 is 1.32 bits per heavy atom. The van der Waals surface area contributed by atoms with Gasteiger partial charge in [-0.25, -0.2) is 0 Å². The third kappa shape index (κ3) is 2.99. The highest BCUT2D eigenvalue weighted by atomic mass is 32.1. The van der Waals surface area contributed by atoms with E-state index in [9.17, 15) is 4.79 Å². The van der Waals surface area contributed by atoms with Crippen LogP contribution in [0, 0.1) is 0 Å². The molecule has 0 radical (unpaired) electrons. The van der Waals surface area contributed by atoms with E-state index in [0.717, 1.165) is 57.1 Å². The van der Waals surface area contributed by atoms with Gasteiger partial charge in [-0.05, 0) is 24.3 Å². The quantitative estimate of drug-likeness (QED) is 0.826. The first-order chi connectivity index (χ1) is 9.34. The van der Waals surface area contributed by atoms with Gasteiger partial charge in [0.25, 0.3) is 5.91 Å². The van der Waals surface area contributed by atoms with E-state index in [0.29, 0.717) is 6.04 Å². The van der Waals surface area contributed by atoms with Crippen LogP contribution in [0.5, 0.6) is 0 Å². The van der Waals surface area contributed by atoms with Gasteiger partial charge in [-0.1, -0.05) is 6.07 Å². The molecule has 0 spiro atoms. The zero-order chi connectivity index (χ0) is 13.1. The number of rotatable bonds is 2. The molecule has 0 N–H and O–H groups in total. The second kappa shape index (κ2) is 6.03. The van der Waals surface area contributed by atoms with Crippen LogP contribution in [0.2, 0.25) is 0 Å². The summed E-state index contributed by atoms with van der Waals surface area (Å²) < 4.78 is 5.46. The van der Waals surface area contributed by atoms with Gasteiger partial charge in [-0.3, -0.25) is 9.69 Å². The summed E-state index contributed by atoms with van der Waals surface area (Å²) in [7, 11) is 0. The number of ether oxygens (including phenoxy) is 1. The van der Waals surface area contributed by atoms with Gasteiger partial charge in [0.2, 0.25) is 0 Å². The van der Waals surface area contributed by atoms with Gasteiger partial charge in [0.1, 0.15) is 0 Å². The van der Waals surface area contributed by atoms with Crippen molar-refractivity contribution in [2.45, 2.75) is 18.9 Å². The predicted molar refractivity (Wildman–Crippen MR) is 75.6 cm³/mol. The molecule has 0 aliphatic carbocycles. The predicted octanol–water partition coefficient (Wildman–Crippen LogP) is 1.68. The van der Waals surface area contributed by atoms with Crippen molar-refractivity contribution in [1.29, 1.82) is 0 Å². The van der Waals surface area contributed by atoms with Crippen LogP contribution in [-0.2, 0) is 4.74 Å². The Morgan fingerprint density at radius 2 is 2.26 bits per heavy atom. The molecule has 0 bridgehead atoms. The minimum absolute atomic E-state index is 0.194. The molecule has 19 heavy (non-hydrogen) atoms. The largest absolute Gasteiger partial charge is 0.380 e. The Bertz CT molecular complexity index is 415. The number of hydrogen-bond donors (Lipinski definition) is 0. The molecule has 2 aliphatic heterocycles. The Hall–Kier alpha value is -0.910. The maximum Gasteiger partial charge on any atom is 0.263 e. The summed E-state index contributed by atoms with van der Waals surface area (Å²) in [5.74, 6) is 0.194. The summed E-state index contributed by atoms with van der Waals surface area (Å²) in [6.45, 7) is 5.53. The van der Waals surface area contributed by atoms with Crippen molar-refractivity contribution in [2.24, 2.45) is 0 Å². The van der Waals surface area contributed by atoms with Crippen LogP contribution >= 0.6 is 11.3 Å². The van der Waals surface area contributed by atoms with Gasteiger partial charge in [-0.2, -0.15) is 0 Å².